The summed E-state index contributed by atoms with van der Waals surface area (Å²) in [5, 5.41) is 9.49. The lowest BCUT2D eigenvalue weighted by Crippen LogP contribution is -2.42. The number of carbonyl (C=O) groups excluding carboxylic acids is 1. The zero-order chi connectivity index (χ0) is 16.9. The average Bonchev–Trinajstić information content (AvgIpc) is 3.23. The first-order chi connectivity index (χ1) is 11.6. The van der Waals surface area contributed by atoms with E-state index in [4.69, 9.17) is 9.26 Å². The monoisotopic (exact) mass is 333 g/mol. The largest absolute Gasteiger partial charge is 0.376 e. The van der Waals surface area contributed by atoms with E-state index in [-0.39, 0.29) is 30.5 Å². The van der Waals surface area contributed by atoms with Gasteiger partial charge in [0, 0.05) is 12.7 Å². The average molecular weight is 333 g/mol. The summed E-state index contributed by atoms with van der Waals surface area (Å²) < 4.78 is 23.8. The highest BCUT2D eigenvalue weighted by Gasteiger charge is 2.28. The first kappa shape index (κ1) is 16.4. The molecule has 1 saturated heterocycles. The fraction of sp³-hybridized carbons (Fsp3) is 0.412. The molecule has 0 aliphatic carbocycles. The third-order valence-electron chi connectivity index (χ3n) is 3.96. The van der Waals surface area contributed by atoms with Crippen molar-refractivity contribution < 1.29 is 18.4 Å². The molecule has 0 unspecified atom stereocenters. The van der Waals surface area contributed by atoms with Crippen molar-refractivity contribution in [3.8, 4) is 0 Å². The van der Waals surface area contributed by atoms with Gasteiger partial charge in [0.05, 0.1) is 18.7 Å². The number of hydrogen-bond acceptors (Lipinski definition) is 4. The fourth-order valence-corrected chi connectivity index (χ4v) is 2.79. The smallest absolute Gasteiger partial charge is 0.315 e. The summed E-state index contributed by atoms with van der Waals surface area (Å²) in [5.74, 6) is 0.381. The van der Waals surface area contributed by atoms with Crippen molar-refractivity contribution >= 4 is 6.03 Å². The number of carbonyl (C=O) groups is 1. The molecule has 128 valence electrons. The Morgan fingerprint density at radius 1 is 1.42 bits per heavy atom. The highest BCUT2D eigenvalue weighted by atomic mass is 19.1. The number of aryl methyl sites for hydroxylation is 1. The maximum absolute atomic E-state index is 13.2. The predicted molar refractivity (Wildman–Crippen MR) is 84.7 cm³/mol. The topological polar surface area (TPSA) is 76.4 Å². The van der Waals surface area contributed by atoms with Crippen LogP contribution in [0, 0.1) is 12.7 Å². The molecule has 0 saturated carbocycles. The maximum Gasteiger partial charge on any atom is 0.315 e. The molecule has 1 aromatic carbocycles. The van der Waals surface area contributed by atoms with Gasteiger partial charge in [0.15, 0.2) is 0 Å². The predicted octanol–water partition coefficient (Wildman–Crippen LogP) is 2.84. The zero-order valence-electron chi connectivity index (χ0n) is 13.4. The summed E-state index contributed by atoms with van der Waals surface area (Å²) in [5.41, 5.74) is 1.47. The van der Waals surface area contributed by atoms with Crippen LogP contribution < -0.4 is 10.6 Å². The minimum atomic E-state index is -0.333. The van der Waals surface area contributed by atoms with Crippen molar-refractivity contribution in [2.24, 2.45) is 0 Å². The van der Waals surface area contributed by atoms with Gasteiger partial charge in [-0.3, -0.25) is 0 Å². The lowest BCUT2D eigenvalue weighted by molar-refractivity contribution is 0.0807. The van der Waals surface area contributed by atoms with Crippen molar-refractivity contribution in [3.05, 3.63) is 53.2 Å². The molecule has 1 aliphatic rings. The number of halogens is 1. The molecule has 0 spiro atoms. The van der Waals surface area contributed by atoms with Crippen LogP contribution in [0.15, 0.2) is 34.9 Å². The summed E-state index contributed by atoms with van der Waals surface area (Å²) >= 11 is 0. The second kappa shape index (κ2) is 7.44. The summed E-state index contributed by atoms with van der Waals surface area (Å²) in [6, 6.07) is 7.21. The van der Waals surface area contributed by atoms with E-state index < -0.39 is 0 Å². The number of rotatable bonds is 5. The molecule has 1 aliphatic heterocycles. The Bertz CT molecular complexity index is 681. The lowest BCUT2D eigenvalue weighted by Gasteiger charge is -2.24. The fourth-order valence-electron chi connectivity index (χ4n) is 2.79. The second-order valence-corrected chi connectivity index (χ2v) is 5.84. The van der Waals surface area contributed by atoms with Gasteiger partial charge in [-0.2, -0.15) is 0 Å². The number of nitrogens with zero attached hydrogens (tertiary/aromatic N) is 1. The Balaban J connectivity index is 1.64. The van der Waals surface area contributed by atoms with Crippen LogP contribution in [0.2, 0.25) is 0 Å². The zero-order valence-corrected chi connectivity index (χ0v) is 13.4. The molecule has 1 fully saturated rings. The second-order valence-electron chi connectivity index (χ2n) is 5.84. The lowest BCUT2D eigenvalue weighted by atomic mass is 9.99. The molecule has 2 N–H and O–H groups in total. The SMILES string of the molecule is Cc1cc(CNC(=O)N[C@@H](c2ccc(F)cc2)[C@@H]2CCCO2)no1. The van der Waals surface area contributed by atoms with Crippen LogP contribution in [0.1, 0.15) is 35.9 Å². The molecule has 2 heterocycles. The Morgan fingerprint density at radius 2 is 2.21 bits per heavy atom. The summed E-state index contributed by atoms with van der Waals surface area (Å²) in [6.45, 7) is 2.73. The summed E-state index contributed by atoms with van der Waals surface area (Å²) in [7, 11) is 0. The van der Waals surface area contributed by atoms with Crippen molar-refractivity contribution in [2.75, 3.05) is 6.61 Å². The van der Waals surface area contributed by atoms with Crippen LogP contribution in [0.25, 0.3) is 0 Å². The Hall–Kier alpha value is -2.41. The van der Waals surface area contributed by atoms with Crippen LogP contribution in [-0.2, 0) is 11.3 Å². The molecule has 2 amide bonds. The van der Waals surface area contributed by atoms with E-state index in [9.17, 15) is 9.18 Å². The molecule has 1 aromatic heterocycles. The maximum atomic E-state index is 13.2. The van der Waals surface area contributed by atoms with E-state index in [0.717, 1.165) is 18.4 Å². The molecule has 0 bridgehead atoms. The highest BCUT2D eigenvalue weighted by molar-refractivity contribution is 5.74. The van der Waals surface area contributed by atoms with Gasteiger partial charge in [0.2, 0.25) is 0 Å². The van der Waals surface area contributed by atoms with Crippen molar-refractivity contribution in [1.82, 2.24) is 15.8 Å². The summed E-state index contributed by atoms with van der Waals surface area (Å²) in [6.07, 6.45) is 1.69. The van der Waals surface area contributed by atoms with Crippen LogP contribution in [0.4, 0.5) is 9.18 Å². The number of benzene rings is 1. The van der Waals surface area contributed by atoms with E-state index >= 15 is 0 Å². The Labute approximate surface area is 139 Å². The molecule has 7 heteroatoms. The number of amides is 2. The van der Waals surface area contributed by atoms with Gasteiger partial charge in [-0.05, 0) is 37.5 Å². The number of ether oxygens (including phenoxy) is 1. The van der Waals surface area contributed by atoms with Crippen LogP contribution in [0.3, 0.4) is 0 Å². The molecular weight excluding hydrogens is 313 g/mol. The molecule has 24 heavy (non-hydrogen) atoms. The van der Waals surface area contributed by atoms with Gasteiger partial charge in [-0.25, -0.2) is 9.18 Å². The number of urea groups is 1. The first-order valence-corrected chi connectivity index (χ1v) is 7.95. The van der Waals surface area contributed by atoms with Crippen LogP contribution >= 0.6 is 0 Å². The minimum Gasteiger partial charge on any atom is -0.376 e. The number of hydrogen-bond donors (Lipinski definition) is 2. The van der Waals surface area contributed by atoms with E-state index in [0.29, 0.717) is 18.1 Å². The molecule has 0 radical (unpaired) electrons. The van der Waals surface area contributed by atoms with E-state index in [1.165, 1.54) is 12.1 Å². The number of nitrogens with one attached hydrogen (secondary N) is 2. The molecule has 3 rings (SSSR count). The van der Waals surface area contributed by atoms with Crippen LogP contribution in [0.5, 0.6) is 0 Å². The highest BCUT2D eigenvalue weighted by Crippen LogP contribution is 2.27. The third kappa shape index (κ3) is 4.11. The van der Waals surface area contributed by atoms with Crippen LogP contribution in [-0.4, -0.2) is 23.9 Å². The minimum absolute atomic E-state index is 0.115. The molecule has 2 atom stereocenters. The van der Waals surface area contributed by atoms with Gasteiger partial charge in [-0.1, -0.05) is 17.3 Å². The van der Waals surface area contributed by atoms with Gasteiger partial charge in [0.25, 0.3) is 0 Å². The Morgan fingerprint density at radius 3 is 2.83 bits per heavy atom. The molecular formula is C17H20FN3O3. The van der Waals surface area contributed by atoms with Gasteiger partial charge in [0.1, 0.15) is 17.3 Å². The normalized spacial score (nSPS) is 18.3. The van der Waals surface area contributed by atoms with E-state index in [2.05, 4.69) is 15.8 Å². The van der Waals surface area contributed by atoms with E-state index in [1.54, 1.807) is 25.1 Å². The first-order valence-electron chi connectivity index (χ1n) is 7.95. The molecule has 2 aromatic rings. The van der Waals surface area contributed by atoms with Crippen molar-refractivity contribution in [3.63, 3.8) is 0 Å². The summed E-state index contributed by atoms with van der Waals surface area (Å²) in [4.78, 5) is 12.2. The van der Waals surface area contributed by atoms with Crippen molar-refractivity contribution in [1.29, 1.82) is 0 Å². The van der Waals surface area contributed by atoms with Gasteiger partial charge < -0.3 is 19.9 Å². The quantitative estimate of drug-likeness (QED) is 0.882. The van der Waals surface area contributed by atoms with E-state index in [1.807, 2.05) is 0 Å². The van der Waals surface area contributed by atoms with Crippen molar-refractivity contribution in [2.45, 2.75) is 38.5 Å². The number of aromatic nitrogens is 1. The third-order valence-corrected chi connectivity index (χ3v) is 3.96. The Kier molecular flexibility index (Phi) is 5.10. The standard InChI is InChI=1S/C17H20FN3O3/c1-11-9-14(21-24-11)10-19-17(22)20-16(15-3-2-8-23-15)12-4-6-13(18)7-5-12/h4-7,9,15-16H,2-3,8,10H2,1H3,(H2,19,20,22)/t15-,16-/m0/s1. The molecule has 6 nitrogen and oxygen atoms in total. The van der Waals surface area contributed by atoms with Gasteiger partial charge >= 0.3 is 6.03 Å². The van der Waals surface area contributed by atoms with Gasteiger partial charge in [-0.15, -0.1) is 0 Å².